The molecule has 180 valence electrons. The molecule has 4 atom stereocenters. The SMILES string of the molecule is CC(COc1ccc(C(C)(C)c2ccc(OCC(C)OCC3CO3)cc2)cc1)OCC1CO1. The molecule has 0 amide bonds. The largest absolute Gasteiger partial charge is 0.491 e. The molecule has 2 aromatic carbocycles. The van der Waals surface area contributed by atoms with Crippen LogP contribution < -0.4 is 9.47 Å². The lowest BCUT2D eigenvalue weighted by atomic mass is 9.78. The molecule has 2 fully saturated rings. The van der Waals surface area contributed by atoms with Gasteiger partial charge in [0.1, 0.15) is 36.9 Å². The van der Waals surface area contributed by atoms with Gasteiger partial charge in [0.25, 0.3) is 0 Å². The Bertz CT molecular complexity index is 784. The van der Waals surface area contributed by atoms with Gasteiger partial charge in [-0.3, -0.25) is 0 Å². The summed E-state index contributed by atoms with van der Waals surface area (Å²) in [7, 11) is 0. The highest BCUT2D eigenvalue weighted by atomic mass is 16.6. The second-order valence-electron chi connectivity index (χ2n) is 9.49. The normalized spacial score (nSPS) is 21.3. The van der Waals surface area contributed by atoms with Crippen molar-refractivity contribution in [1.82, 2.24) is 0 Å². The second-order valence-corrected chi connectivity index (χ2v) is 9.49. The molecule has 0 bridgehead atoms. The van der Waals surface area contributed by atoms with Gasteiger partial charge >= 0.3 is 0 Å². The molecular weight excluding hydrogens is 420 g/mol. The number of ether oxygens (including phenoxy) is 6. The van der Waals surface area contributed by atoms with Crippen LogP contribution in [0, 0.1) is 0 Å². The Morgan fingerprint density at radius 3 is 1.42 bits per heavy atom. The Balaban J connectivity index is 1.25. The molecule has 6 nitrogen and oxygen atoms in total. The zero-order valence-corrected chi connectivity index (χ0v) is 20.1. The van der Waals surface area contributed by atoms with Crippen molar-refractivity contribution >= 4 is 0 Å². The van der Waals surface area contributed by atoms with Gasteiger partial charge in [-0.1, -0.05) is 38.1 Å². The summed E-state index contributed by atoms with van der Waals surface area (Å²) < 4.78 is 33.5. The lowest BCUT2D eigenvalue weighted by Crippen LogP contribution is -2.21. The van der Waals surface area contributed by atoms with Crippen LogP contribution in [0.15, 0.2) is 48.5 Å². The zero-order valence-electron chi connectivity index (χ0n) is 20.1. The third-order valence-corrected chi connectivity index (χ3v) is 6.06. The van der Waals surface area contributed by atoms with Gasteiger partial charge in [0.2, 0.25) is 0 Å². The number of epoxide rings is 2. The predicted molar refractivity (Wildman–Crippen MR) is 126 cm³/mol. The van der Waals surface area contributed by atoms with E-state index in [0.717, 1.165) is 24.7 Å². The average molecular weight is 457 g/mol. The summed E-state index contributed by atoms with van der Waals surface area (Å²) in [5, 5.41) is 0. The minimum Gasteiger partial charge on any atom is -0.491 e. The third kappa shape index (κ3) is 7.44. The Hall–Kier alpha value is -2.12. The standard InChI is InChI=1S/C27H36O6/c1-19(28-15-25-17-32-25)13-30-23-9-5-21(6-10-23)27(3,4)22-7-11-24(12-8-22)31-14-20(2)29-16-26-18-33-26/h5-12,19-20,25-26H,13-18H2,1-4H3. The molecule has 4 rings (SSSR count). The van der Waals surface area contributed by atoms with Crippen LogP contribution in [0.25, 0.3) is 0 Å². The maximum atomic E-state index is 5.89. The highest BCUT2D eigenvalue weighted by molar-refractivity contribution is 5.41. The summed E-state index contributed by atoms with van der Waals surface area (Å²) in [6, 6.07) is 16.6. The fourth-order valence-electron chi connectivity index (χ4n) is 3.50. The maximum absolute atomic E-state index is 5.89. The van der Waals surface area contributed by atoms with Gasteiger partial charge in [-0.05, 0) is 49.2 Å². The fraction of sp³-hybridized carbons (Fsp3) is 0.556. The second kappa shape index (κ2) is 10.9. The van der Waals surface area contributed by atoms with Gasteiger partial charge in [0.15, 0.2) is 0 Å². The first kappa shape index (κ1) is 24.0. The van der Waals surface area contributed by atoms with E-state index in [1.165, 1.54) is 11.1 Å². The van der Waals surface area contributed by atoms with Gasteiger partial charge in [-0.25, -0.2) is 0 Å². The Morgan fingerprint density at radius 2 is 1.09 bits per heavy atom. The maximum Gasteiger partial charge on any atom is 0.119 e. The highest BCUT2D eigenvalue weighted by Gasteiger charge is 2.25. The van der Waals surface area contributed by atoms with Gasteiger partial charge in [-0.2, -0.15) is 0 Å². The Labute approximate surface area is 197 Å². The monoisotopic (exact) mass is 456 g/mol. The lowest BCUT2D eigenvalue weighted by molar-refractivity contribution is 0.0241. The number of hydrogen-bond acceptors (Lipinski definition) is 6. The molecule has 0 N–H and O–H groups in total. The van der Waals surface area contributed by atoms with Crippen LogP contribution in [0.1, 0.15) is 38.8 Å². The first-order chi connectivity index (χ1) is 15.9. The molecular formula is C27H36O6. The van der Waals surface area contributed by atoms with Gasteiger partial charge < -0.3 is 28.4 Å². The van der Waals surface area contributed by atoms with Crippen LogP contribution in [-0.2, 0) is 24.4 Å². The molecule has 6 heteroatoms. The van der Waals surface area contributed by atoms with E-state index in [-0.39, 0.29) is 29.8 Å². The molecule has 0 aliphatic carbocycles. The fourth-order valence-corrected chi connectivity index (χ4v) is 3.50. The molecule has 2 saturated heterocycles. The van der Waals surface area contributed by atoms with Crippen molar-refractivity contribution in [3.63, 3.8) is 0 Å². The number of hydrogen-bond donors (Lipinski definition) is 0. The van der Waals surface area contributed by atoms with Crippen LogP contribution in [0.5, 0.6) is 11.5 Å². The summed E-state index contributed by atoms with van der Waals surface area (Å²) in [4.78, 5) is 0. The van der Waals surface area contributed by atoms with Gasteiger partial charge in [-0.15, -0.1) is 0 Å². The molecule has 33 heavy (non-hydrogen) atoms. The van der Waals surface area contributed by atoms with Gasteiger partial charge in [0, 0.05) is 5.41 Å². The van der Waals surface area contributed by atoms with Crippen molar-refractivity contribution in [1.29, 1.82) is 0 Å². The summed E-state index contributed by atoms with van der Waals surface area (Å²) in [6.07, 6.45) is 0.625. The van der Waals surface area contributed by atoms with Crippen molar-refractivity contribution in [2.45, 2.75) is 57.5 Å². The number of rotatable bonds is 14. The molecule has 2 heterocycles. The predicted octanol–water partition coefficient (Wildman–Crippen LogP) is 4.38. The van der Waals surface area contributed by atoms with Crippen molar-refractivity contribution in [2.24, 2.45) is 0 Å². The minimum absolute atomic E-state index is 0.0350. The lowest BCUT2D eigenvalue weighted by Gasteiger charge is -2.26. The zero-order chi connectivity index (χ0) is 23.3. The quantitative estimate of drug-likeness (QED) is 0.393. The minimum atomic E-state index is -0.140. The summed E-state index contributed by atoms with van der Waals surface area (Å²) in [5.74, 6) is 1.70. The number of benzene rings is 2. The van der Waals surface area contributed by atoms with E-state index in [9.17, 15) is 0 Å². The highest BCUT2D eigenvalue weighted by Crippen LogP contribution is 2.33. The third-order valence-electron chi connectivity index (χ3n) is 6.06. The van der Waals surface area contributed by atoms with E-state index >= 15 is 0 Å². The van der Waals surface area contributed by atoms with E-state index in [0.29, 0.717) is 26.4 Å². The average Bonchev–Trinajstić information content (AvgIpc) is 3.74. The summed E-state index contributed by atoms with van der Waals surface area (Å²) in [6.45, 7) is 12.4. The Kier molecular flexibility index (Phi) is 7.91. The van der Waals surface area contributed by atoms with Crippen molar-refractivity contribution in [3.05, 3.63) is 59.7 Å². The van der Waals surface area contributed by atoms with Crippen molar-refractivity contribution < 1.29 is 28.4 Å². The smallest absolute Gasteiger partial charge is 0.119 e. The molecule has 0 radical (unpaired) electrons. The molecule has 2 aliphatic rings. The Morgan fingerprint density at radius 1 is 0.727 bits per heavy atom. The molecule has 0 spiro atoms. The molecule has 2 aromatic rings. The van der Waals surface area contributed by atoms with Crippen LogP contribution in [-0.4, -0.2) is 64.1 Å². The van der Waals surface area contributed by atoms with E-state index < -0.39 is 0 Å². The summed E-state index contributed by atoms with van der Waals surface area (Å²) >= 11 is 0. The van der Waals surface area contributed by atoms with E-state index in [1.807, 2.05) is 38.1 Å². The topological polar surface area (TPSA) is 62.0 Å². The molecule has 4 unspecified atom stereocenters. The first-order valence-corrected chi connectivity index (χ1v) is 11.8. The molecule has 2 aliphatic heterocycles. The van der Waals surface area contributed by atoms with Crippen molar-refractivity contribution in [3.8, 4) is 11.5 Å². The van der Waals surface area contributed by atoms with E-state index in [4.69, 9.17) is 28.4 Å². The van der Waals surface area contributed by atoms with Crippen LogP contribution >= 0.6 is 0 Å². The molecule has 0 aromatic heterocycles. The summed E-state index contributed by atoms with van der Waals surface area (Å²) in [5.41, 5.74) is 2.31. The molecule has 0 saturated carbocycles. The van der Waals surface area contributed by atoms with E-state index in [1.54, 1.807) is 0 Å². The van der Waals surface area contributed by atoms with Crippen LogP contribution in [0.2, 0.25) is 0 Å². The van der Waals surface area contributed by atoms with Crippen LogP contribution in [0.3, 0.4) is 0 Å². The first-order valence-electron chi connectivity index (χ1n) is 11.8. The van der Waals surface area contributed by atoms with Crippen LogP contribution in [0.4, 0.5) is 0 Å². The van der Waals surface area contributed by atoms with E-state index in [2.05, 4.69) is 38.1 Å². The van der Waals surface area contributed by atoms with Crippen molar-refractivity contribution in [2.75, 3.05) is 39.6 Å². The van der Waals surface area contributed by atoms with Gasteiger partial charge in [0.05, 0.1) is 38.6 Å².